The molecule has 0 bridgehead atoms. The van der Waals surface area contributed by atoms with E-state index in [1.165, 1.54) is 4.31 Å². The lowest BCUT2D eigenvalue weighted by atomic mass is 10.2. The van der Waals surface area contributed by atoms with Crippen molar-refractivity contribution in [2.24, 2.45) is 0 Å². The van der Waals surface area contributed by atoms with Gasteiger partial charge in [0.25, 0.3) is 0 Å². The molecule has 1 atom stereocenters. The van der Waals surface area contributed by atoms with E-state index in [9.17, 15) is 18.0 Å². The molecule has 0 radical (unpaired) electrons. The fraction of sp³-hybridized carbons (Fsp3) is 0.818. The van der Waals surface area contributed by atoms with Crippen LogP contribution in [0.15, 0.2) is 0 Å². The van der Waals surface area contributed by atoms with Crippen molar-refractivity contribution in [1.82, 2.24) is 9.62 Å². The zero-order valence-corrected chi connectivity index (χ0v) is 11.8. The summed E-state index contributed by atoms with van der Waals surface area (Å²) in [4.78, 5) is 22.2. The summed E-state index contributed by atoms with van der Waals surface area (Å²) in [5.41, 5.74) is 0. The van der Waals surface area contributed by atoms with E-state index < -0.39 is 22.0 Å². The average Bonchev–Trinajstić information content (AvgIpc) is 2.76. The van der Waals surface area contributed by atoms with Gasteiger partial charge in [-0.25, -0.2) is 8.42 Å². The zero-order valence-electron chi connectivity index (χ0n) is 11.0. The summed E-state index contributed by atoms with van der Waals surface area (Å²) in [5.74, 6) is -1.15. The van der Waals surface area contributed by atoms with Gasteiger partial charge in [-0.15, -0.1) is 0 Å². The Labute approximate surface area is 113 Å². The summed E-state index contributed by atoms with van der Waals surface area (Å²) in [6.07, 6.45) is 3.47. The van der Waals surface area contributed by atoms with Crippen molar-refractivity contribution in [3.8, 4) is 0 Å². The van der Waals surface area contributed by atoms with Gasteiger partial charge in [-0.3, -0.25) is 9.59 Å². The lowest BCUT2D eigenvalue weighted by Gasteiger charge is -2.21. The highest BCUT2D eigenvalue weighted by atomic mass is 32.2. The molecule has 1 aliphatic rings. The van der Waals surface area contributed by atoms with Gasteiger partial charge >= 0.3 is 5.97 Å². The molecule has 19 heavy (non-hydrogen) atoms. The molecule has 1 unspecified atom stereocenters. The summed E-state index contributed by atoms with van der Waals surface area (Å²) in [6, 6.07) is -0.616. The van der Waals surface area contributed by atoms with Crippen molar-refractivity contribution in [2.75, 3.05) is 19.3 Å². The molecule has 110 valence electrons. The normalized spacial score (nSPS) is 20.4. The van der Waals surface area contributed by atoms with Crippen LogP contribution >= 0.6 is 0 Å². The maximum atomic E-state index is 11.9. The number of hydrogen-bond acceptors (Lipinski definition) is 4. The molecule has 1 heterocycles. The minimum absolute atomic E-state index is 0.0781. The first-order valence-electron chi connectivity index (χ1n) is 6.28. The van der Waals surface area contributed by atoms with Crippen LogP contribution in [0.1, 0.15) is 32.1 Å². The average molecular weight is 292 g/mol. The van der Waals surface area contributed by atoms with E-state index in [4.69, 9.17) is 5.11 Å². The van der Waals surface area contributed by atoms with E-state index in [0.717, 1.165) is 6.26 Å². The molecular weight excluding hydrogens is 272 g/mol. The number of carboxylic acid groups (broad SMARTS) is 1. The van der Waals surface area contributed by atoms with E-state index in [0.29, 0.717) is 38.8 Å². The minimum Gasteiger partial charge on any atom is -0.481 e. The van der Waals surface area contributed by atoms with E-state index in [1.807, 2.05) is 0 Å². The molecule has 0 aromatic heterocycles. The summed E-state index contributed by atoms with van der Waals surface area (Å²) >= 11 is 0. The molecule has 2 N–H and O–H groups in total. The van der Waals surface area contributed by atoms with Crippen molar-refractivity contribution in [2.45, 2.75) is 38.1 Å². The first-order chi connectivity index (χ1) is 8.82. The number of nitrogens with one attached hydrogen (secondary N) is 1. The van der Waals surface area contributed by atoms with Gasteiger partial charge in [0.2, 0.25) is 15.9 Å². The summed E-state index contributed by atoms with van der Waals surface area (Å²) in [7, 11) is -3.35. The second-order valence-corrected chi connectivity index (χ2v) is 6.61. The number of amides is 1. The molecule has 0 aliphatic carbocycles. The van der Waals surface area contributed by atoms with Crippen LogP contribution in [-0.2, 0) is 19.6 Å². The largest absolute Gasteiger partial charge is 0.481 e. The first-order valence-corrected chi connectivity index (χ1v) is 8.13. The highest BCUT2D eigenvalue weighted by molar-refractivity contribution is 7.88. The van der Waals surface area contributed by atoms with Gasteiger partial charge in [-0.05, 0) is 25.7 Å². The third-order valence-electron chi connectivity index (χ3n) is 3.05. The van der Waals surface area contributed by atoms with Crippen LogP contribution in [0.2, 0.25) is 0 Å². The van der Waals surface area contributed by atoms with Gasteiger partial charge in [-0.1, -0.05) is 0 Å². The standard InChI is InChI=1S/C11H20N2O5S/c1-19(17,18)13-8-4-5-9(13)11(16)12-7-3-2-6-10(14)15/h9H,2-8H2,1H3,(H,12,16)(H,14,15). The molecule has 0 spiro atoms. The van der Waals surface area contributed by atoms with Gasteiger partial charge in [0.1, 0.15) is 6.04 Å². The Morgan fingerprint density at radius 2 is 2.05 bits per heavy atom. The summed E-state index contributed by atoms with van der Waals surface area (Å²) in [5, 5.41) is 11.1. The zero-order chi connectivity index (χ0) is 14.5. The smallest absolute Gasteiger partial charge is 0.303 e. The van der Waals surface area contributed by atoms with E-state index in [-0.39, 0.29) is 12.3 Å². The van der Waals surface area contributed by atoms with Crippen LogP contribution in [0.3, 0.4) is 0 Å². The van der Waals surface area contributed by atoms with Gasteiger partial charge < -0.3 is 10.4 Å². The lowest BCUT2D eigenvalue weighted by molar-refractivity contribution is -0.137. The highest BCUT2D eigenvalue weighted by Gasteiger charge is 2.36. The molecule has 0 aromatic carbocycles. The molecule has 1 fully saturated rings. The third-order valence-corrected chi connectivity index (χ3v) is 4.34. The van der Waals surface area contributed by atoms with Crippen molar-refractivity contribution >= 4 is 21.9 Å². The van der Waals surface area contributed by atoms with Crippen LogP contribution in [0, 0.1) is 0 Å². The Balaban J connectivity index is 2.35. The number of hydrogen-bond donors (Lipinski definition) is 2. The van der Waals surface area contributed by atoms with Gasteiger partial charge in [0, 0.05) is 19.5 Å². The first kappa shape index (κ1) is 15.9. The Kier molecular flexibility index (Phi) is 5.74. The Bertz CT molecular complexity index is 434. The van der Waals surface area contributed by atoms with Crippen LogP contribution in [0.5, 0.6) is 0 Å². The van der Waals surface area contributed by atoms with Gasteiger partial charge in [0.15, 0.2) is 0 Å². The predicted molar refractivity (Wildman–Crippen MR) is 69.1 cm³/mol. The van der Waals surface area contributed by atoms with Crippen LogP contribution in [0.25, 0.3) is 0 Å². The fourth-order valence-electron chi connectivity index (χ4n) is 2.13. The topological polar surface area (TPSA) is 104 Å². The monoisotopic (exact) mass is 292 g/mol. The maximum absolute atomic E-state index is 11.9. The second-order valence-electron chi connectivity index (χ2n) is 4.67. The number of nitrogens with zero attached hydrogens (tertiary/aromatic N) is 1. The quantitative estimate of drug-likeness (QED) is 0.631. The van der Waals surface area contributed by atoms with Gasteiger partial charge in [0.05, 0.1) is 6.26 Å². The number of carbonyl (C=O) groups is 2. The van der Waals surface area contributed by atoms with Crippen molar-refractivity contribution in [3.63, 3.8) is 0 Å². The second kappa shape index (κ2) is 6.85. The Morgan fingerprint density at radius 3 is 2.63 bits per heavy atom. The minimum atomic E-state index is -3.35. The molecule has 7 nitrogen and oxygen atoms in total. The number of aliphatic carboxylic acids is 1. The molecule has 1 saturated heterocycles. The highest BCUT2D eigenvalue weighted by Crippen LogP contribution is 2.20. The fourth-order valence-corrected chi connectivity index (χ4v) is 3.25. The number of unbranched alkanes of at least 4 members (excludes halogenated alkanes) is 1. The Morgan fingerprint density at radius 1 is 1.37 bits per heavy atom. The SMILES string of the molecule is CS(=O)(=O)N1CCCC1C(=O)NCCCCC(=O)O. The molecule has 1 amide bonds. The van der Waals surface area contributed by atoms with Gasteiger partial charge in [-0.2, -0.15) is 4.31 Å². The van der Waals surface area contributed by atoms with Crippen LogP contribution in [-0.4, -0.2) is 55.1 Å². The third kappa shape index (κ3) is 5.15. The maximum Gasteiger partial charge on any atom is 0.303 e. The number of carbonyl (C=O) groups excluding carboxylic acids is 1. The van der Waals surface area contributed by atoms with Crippen LogP contribution < -0.4 is 5.32 Å². The molecular formula is C11H20N2O5S. The van der Waals surface area contributed by atoms with Crippen molar-refractivity contribution in [1.29, 1.82) is 0 Å². The van der Waals surface area contributed by atoms with Crippen LogP contribution in [0.4, 0.5) is 0 Å². The molecule has 8 heteroatoms. The summed E-state index contributed by atoms with van der Waals surface area (Å²) < 4.78 is 24.2. The number of sulfonamides is 1. The van der Waals surface area contributed by atoms with Crippen molar-refractivity contribution in [3.05, 3.63) is 0 Å². The summed E-state index contributed by atoms with van der Waals surface area (Å²) in [6.45, 7) is 0.760. The number of rotatable bonds is 7. The van der Waals surface area contributed by atoms with E-state index in [2.05, 4.69) is 5.32 Å². The molecule has 0 saturated carbocycles. The van der Waals surface area contributed by atoms with Crippen molar-refractivity contribution < 1.29 is 23.1 Å². The molecule has 1 aliphatic heterocycles. The number of carboxylic acids is 1. The van der Waals surface area contributed by atoms with E-state index in [1.54, 1.807) is 0 Å². The predicted octanol–water partition coefficient (Wildman–Crippen LogP) is -0.218. The molecule has 0 aromatic rings. The lowest BCUT2D eigenvalue weighted by Crippen LogP contribution is -2.45. The Hall–Kier alpha value is -1.15. The molecule has 1 rings (SSSR count). The van der Waals surface area contributed by atoms with E-state index >= 15 is 0 Å².